The predicted molar refractivity (Wildman–Crippen MR) is 107 cm³/mol. The maximum Gasteiger partial charge on any atom is 0.275 e. The molecule has 0 N–H and O–H groups in total. The Bertz CT molecular complexity index is 971. The van der Waals surface area contributed by atoms with E-state index in [-0.39, 0.29) is 11.9 Å². The summed E-state index contributed by atoms with van der Waals surface area (Å²) in [7, 11) is 1.94. The highest BCUT2D eigenvalue weighted by molar-refractivity contribution is 5.98. The lowest BCUT2D eigenvalue weighted by atomic mass is 9.94. The number of hydrogen-bond donors (Lipinski definition) is 0. The standard InChI is InChI=1S/C23H25N3O/c1-15(2)21-19-20(24-25(21)4)23(27)26(14-17-8-6-5-7-9-17)22(19)18-12-10-16(3)11-13-18/h5-13,15,22H,14H2,1-4H3. The molecule has 0 saturated heterocycles. The number of amides is 1. The molecule has 0 aliphatic carbocycles. The van der Waals surface area contributed by atoms with Crippen LogP contribution in [0.5, 0.6) is 0 Å². The number of aryl methyl sites for hydroxylation is 2. The molecule has 3 aromatic rings. The zero-order valence-corrected chi connectivity index (χ0v) is 16.3. The second kappa shape index (κ2) is 6.69. The monoisotopic (exact) mass is 359 g/mol. The zero-order valence-electron chi connectivity index (χ0n) is 16.3. The minimum atomic E-state index is -0.0978. The molecule has 4 nitrogen and oxygen atoms in total. The van der Waals surface area contributed by atoms with Crippen molar-refractivity contribution in [3.05, 3.63) is 88.2 Å². The Hall–Kier alpha value is -2.88. The molecule has 0 spiro atoms. The van der Waals surface area contributed by atoms with E-state index in [2.05, 4.69) is 62.3 Å². The molecule has 1 aliphatic heterocycles. The van der Waals surface area contributed by atoms with E-state index >= 15 is 0 Å². The van der Waals surface area contributed by atoms with E-state index < -0.39 is 0 Å². The molecule has 0 saturated carbocycles. The summed E-state index contributed by atoms with van der Waals surface area (Å²) < 4.78 is 1.88. The second-order valence-electron chi connectivity index (χ2n) is 7.66. The van der Waals surface area contributed by atoms with E-state index in [1.165, 1.54) is 5.56 Å². The van der Waals surface area contributed by atoms with Crippen molar-refractivity contribution >= 4 is 5.91 Å². The Balaban J connectivity index is 1.86. The third-order valence-corrected chi connectivity index (χ3v) is 5.31. The lowest BCUT2D eigenvalue weighted by Crippen LogP contribution is -2.29. The summed E-state index contributed by atoms with van der Waals surface area (Å²) >= 11 is 0. The van der Waals surface area contributed by atoms with Crippen molar-refractivity contribution in [3.8, 4) is 0 Å². The summed E-state index contributed by atoms with van der Waals surface area (Å²) in [6.07, 6.45) is 0. The van der Waals surface area contributed by atoms with E-state index in [1.54, 1.807) is 0 Å². The average molecular weight is 359 g/mol. The van der Waals surface area contributed by atoms with Crippen molar-refractivity contribution in [2.45, 2.75) is 39.3 Å². The van der Waals surface area contributed by atoms with Crippen molar-refractivity contribution < 1.29 is 4.79 Å². The molecule has 1 unspecified atom stereocenters. The van der Waals surface area contributed by atoms with Crippen LogP contribution in [-0.4, -0.2) is 20.6 Å². The topological polar surface area (TPSA) is 38.1 Å². The van der Waals surface area contributed by atoms with Crippen LogP contribution in [0, 0.1) is 6.92 Å². The van der Waals surface area contributed by atoms with Crippen LogP contribution in [-0.2, 0) is 13.6 Å². The first-order valence-electron chi connectivity index (χ1n) is 9.45. The molecule has 138 valence electrons. The molecule has 1 aliphatic rings. The minimum absolute atomic E-state index is 0.0157. The highest BCUT2D eigenvalue weighted by Gasteiger charge is 2.43. The molecule has 2 heterocycles. The Morgan fingerprint density at radius 3 is 2.33 bits per heavy atom. The van der Waals surface area contributed by atoms with Gasteiger partial charge in [-0.2, -0.15) is 5.10 Å². The molecule has 4 rings (SSSR count). The number of aromatic nitrogens is 2. The third-order valence-electron chi connectivity index (χ3n) is 5.31. The van der Waals surface area contributed by atoms with Crippen molar-refractivity contribution in [1.29, 1.82) is 0 Å². The van der Waals surface area contributed by atoms with Crippen molar-refractivity contribution in [2.75, 3.05) is 0 Å². The average Bonchev–Trinajstić information content (AvgIpc) is 3.11. The Morgan fingerprint density at radius 2 is 1.70 bits per heavy atom. The quantitative estimate of drug-likeness (QED) is 0.683. The number of benzene rings is 2. The van der Waals surface area contributed by atoms with Crippen LogP contribution in [0.4, 0.5) is 0 Å². The van der Waals surface area contributed by atoms with Crippen LogP contribution in [0.2, 0.25) is 0 Å². The van der Waals surface area contributed by atoms with Crippen LogP contribution in [0.1, 0.15) is 64.2 Å². The van der Waals surface area contributed by atoms with Crippen molar-refractivity contribution in [3.63, 3.8) is 0 Å². The van der Waals surface area contributed by atoms with E-state index in [0.717, 1.165) is 22.4 Å². The number of carbonyl (C=O) groups excluding carboxylic acids is 1. The molecule has 2 aromatic carbocycles. The summed E-state index contributed by atoms with van der Waals surface area (Å²) in [5.74, 6) is 0.311. The van der Waals surface area contributed by atoms with Gasteiger partial charge in [-0.25, -0.2) is 0 Å². The van der Waals surface area contributed by atoms with Crippen LogP contribution in [0.15, 0.2) is 54.6 Å². The highest BCUT2D eigenvalue weighted by Crippen LogP contribution is 2.42. The number of hydrogen-bond acceptors (Lipinski definition) is 2. The Kier molecular flexibility index (Phi) is 4.34. The molecule has 0 bridgehead atoms. The molecule has 1 aromatic heterocycles. The number of fused-ring (bicyclic) bond motifs is 1. The third kappa shape index (κ3) is 2.95. The van der Waals surface area contributed by atoms with Gasteiger partial charge in [-0.1, -0.05) is 74.0 Å². The van der Waals surface area contributed by atoms with Gasteiger partial charge < -0.3 is 4.90 Å². The van der Waals surface area contributed by atoms with Gasteiger partial charge in [-0.3, -0.25) is 9.48 Å². The van der Waals surface area contributed by atoms with Gasteiger partial charge in [0.15, 0.2) is 5.69 Å². The van der Waals surface area contributed by atoms with E-state index in [4.69, 9.17) is 0 Å². The van der Waals surface area contributed by atoms with Gasteiger partial charge in [-0.05, 0) is 24.0 Å². The summed E-state index contributed by atoms with van der Waals surface area (Å²) in [6.45, 7) is 6.98. The van der Waals surface area contributed by atoms with Crippen LogP contribution in [0.3, 0.4) is 0 Å². The lowest BCUT2D eigenvalue weighted by molar-refractivity contribution is 0.0728. The second-order valence-corrected chi connectivity index (χ2v) is 7.66. The van der Waals surface area contributed by atoms with Crippen LogP contribution >= 0.6 is 0 Å². The molecule has 0 radical (unpaired) electrons. The van der Waals surface area contributed by atoms with Crippen LogP contribution < -0.4 is 0 Å². The Labute approximate surface area is 160 Å². The first-order chi connectivity index (χ1) is 13.0. The fourth-order valence-electron chi connectivity index (χ4n) is 4.11. The van der Waals surface area contributed by atoms with E-state index in [0.29, 0.717) is 18.2 Å². The van der Waals surface area contributed by atoms with Gasteiger partial charge in [0.1, 0.15) is 0 Å². The minimum Gasteiger partial charge on any atom is -0.322 e. The molecule has 4 heteroatoms. The van der Waals surface area contributed by atoms with Gasteiger partial charge in [0.05, 0.1) is 6.04 Å². The molecule has 27 heavy (non-hydrogen) atoms. The summed E-state index contributed by atoms with van der Waals surface area (Å²) in [6, 6.07) is 18.6. The summed E-state index contributed by atoms with van der Waals surface area (Å²) in [4.78, 5) is 15.3. The number of carbonyl (C=O) groups is 1. The zero-order chi connectivity index (χ0) is 19.1. The van der Waals surface area contributed by atoms with Gasteiger partial charge in [-0.15, -0.1) is 0 Å². The first kappa shape index (κ1) is 17.5. The van der Waals surface area contributed by atoms with E-state index in [9.17, 15) is 4.79 Å². The fraction of sp³-hybridized carbons (Fsp3) is 0.304. The fourth-order valence-corrected chi connectivity index (χ4v) is 4.11. The maximum absolute atomic E-state index is 13.3. The predicted octanol–water partition coefficient (Wildman–Crippen LogP) is 4.60. The normalized spacial score (nSPS) is 16.3. The highest BCUT2D eigenvalue weighted by atomic mass is 16.2. The largest absolute Gasteiger partial charge is 0.322 e. The van der Waals surface area contributed by atoms with E-state index in [1.807, 2.05) is 34.8 Å². The first-order valence-corrected chi connectivity index (χ1v) is 9.45. The smallest absolute Gasteiger partial charge is 0.275 e. The maximum atomic E-state index is 13.3. The van der Waals surface area contributed by atoms with Gasteiger partial charge in [0, 0.05) is 24.8 Å². The van der Waals surface area contributed by atoms with Gasteiger partial charge in [0.2, 0.25) is 0 Å². The number of nitrogens with zero attached hydrogens (tertiary/aromatic N) is 3. The Morgan fingerprint density at radius 1 is 1.04 bits per heavy atom. The van der Waals surface area contributed by atoms with Gasteiger partial charge in [0.25, 0.3) is 5.91 Å². The van der Waals surface area contributed by atoms with Crippen LogP contribution in [0.25, 0.3) is 0 Å². The molecular formula is C23H25N3O. The lowest BCUT2D eigenvalue weighted by Gasteiger charge is -2.27. The molecule has 1 atom stereocenters. The van der Waals surface area contributed by atoms with Gasteiger partial charge >= 0.3 is 0 Å². The summed E-state index contributed by atoms with van der Waals surface area (Å²) in [5.41, 5.74) is 6.29. The van der Waals surface area contributed by atoms with Crippen molar-refractivity contribution in [1.82, 2.24) is 14.7 Å². The molecular weight excluding hydrogens is 334 g/mol. The molecule has 0 fully saturated rings. The molecule has 1 amide bonds. The number of rotatable bonds is 4. The summed E-state index contributed by atoms with van der Waals surface area (Å²) in [5, 5.41) is 4.60. The SMILES string of the molecule is Cc1ccc(C2c3c(nn(C)c3C(C)C)C(=O)N2Cc2ccccc2)cc1. The van der Waals surface area contributed by atoms with Crippen molar-refractivity contribution in [2.24, 2.45) is 7.05 Å².